The molecule has 1 amide bonds. The van der Waals surface area contributed by atoms with Gasteiger partial charge in [-0.05, 0) is 41.5 Å². The monoisotopic (exact) mass is 519 g/mol. The Balaban J connectivity index is 1.54. The molecule has 39 heavy (non-hydrogen) atoms. The highest BCUT2D eigenvalue weighted by Gasteiger charge is 2.47. The molecule has 1 aliphatic heterocycles. The molecule has 4 aromatic rings. The van der Waals surface area contributed by atoms with Crippen LogP contribution in [0.5, 0.6) is 11.5 Å². The summed E-state index contributed by atoms with van der Waals surface area (Å²) in [6.07, 6.45) is 0. The zero-order valence-corrected chi connectivity index (χ0v) is 22.6. The molecule has 0 N–H and O–H groups in total. The van der Waals surface area contributed by atoms with Gasteiger partial charge in [0.1, 0.15) is 16.9 Å². The molecule has 2 atom stereocenters. The van der Waals surface area contributed by atoms with Crippen molar-refractivity contribution < 1.29 is 14.3 Å². The van der Waals surface area contributed by atoms with Gasteiger partial charge in [0.15, 0.2) is 0 Å². The molecule has 1 heterocycles. The van der Waals surface area contributed by atoms with E-state index in [2.05, 4.69) is 29.2 Å². The number of carbonyl (C=O) groups excluding carboxylic acids is 1. The van der Waals surface area contributed by atoms with Gasteiger partial charge in [0.05, 0.1) is 26.0 Å². The fourth-order valence-corrected chi connectivity index (χ4v) is 5.80. The maximum absolute atomic E-state index is 14.4. The second kappa shape index (κ2) is 11.1. The lowest BCUT2D eigenvalue weighted by molar-refractivity contribution is -0.139. The van der Waals surface area contributed by atoms with Crippen LogP contribution in [0, 0.1) is 16.7 Å². The summed E-state index contributed by atoms with van der Waals surface area (Å²) >= 11 is 0. The number of benzene rings is 4. The highest BCUT2D eigenvalue weighted by atomic mass is 16.5. The molecule has 1 saturated heterocycles. The minimum Gasteiger partial charge on any atom is -0.496 e. The molecule has 0 radical (unpaired) electrons. The normalized spacial score (nSPS) is 15.7. The zero-order chi connectivity index (χ0) is 27.4. The number of ether oxygens (including phenoxy) is 2. The van der Waals surface area contributed by atoms with E-state index < -0.39 is 11.3 Å². The van der Waals surface area contributed by atoms with Crippen molar-refractivity contribution in [3.05, 3.63) is 102 Å². The lowest BCUT2D eigenvalue weighted by Gasteiger charge is -2.41. The number of carbonyl (C=O) groups is 1. The van der Waals surface area contributed by atoms with Crippen LogP contribution in [0.4, 0.5) is 5.69 Å². The van der Waals surface area contributed by atoms with Gasteiger partial charge >= 0.3 is 0 Å². The molecule has 198 valence electrons. The highest BCUT2D eigenvalue weighted by molar-refractivity contribution is 5.91. The Morgan fingerprint density at radius 3 is 2.10 bits per heavy atom. The minimum atomic E-state index is -1.37. The van der Waals surface area contributed by atoms with Crippen molar-refractivity contribution in [1.29, 1.82) is 5.26 Å². The van der Waals surface area contributed by atoms with E-state index in [1.165, 1.54) is 0 Å². The Morgan fingerprint density at radius 1 is 0.795 bits per heavy atom. The molecule has 0 spiro atoms. The molecule has 4 aromatic carbocycles. The second-order valence-electron chi connectivity index (χ2n) is 10.0. The topological polar surface area (TPSA) is 65.8 Å². The van der Waals surface area contributed by atoms with E-state index in [1.54, 1.807) is 21.1 Å². The lowest BCUT2D eigenvalue weighted by atomic mass is 9.68. The van der Waals surface area contributed by atoms with E-state index in [0.717, 1.165) is 33.3 Å². The van der Waals surface area contributed by atoms with E-state index in [9.17, 15) is 10.1 Å². The average Bonchev–Trinajstić information content (AvgIpc) is 3.01. The van der Waals surface area contributed by atoms with Crippen molar-refractivity contribution in [2.45, 2.75) is 12.8 Å². The quantitative estimate of drug-likeness (QED) is 0.306. The standard InChI is InChI=1S/C33H33N3O3/c1-33(23-34,32(37)36-21-19-35(20-22-36)28-16-7-9-18-30(28)39-3)31(27-14-6-8-17-29(27)38-2)26-15-10-12-24-11-4-5-13-25(24)26/h4-18,31H,19-22H2,1-3H3/t31-,33+/m0/s1. The third kappa shape index (κ3) is 4.77. The van der Waals surface area contributed by atoms with Crippen LogP contribution < -0.4 is 14.4 Å². The SMILES string of the molecule is COc1ccccc1[C@H](c1cccc2ccccc12)[C@@](C)(C#N)C(=O)N1CCN(c2ccccc2OC)CC1. The molecule has 5 rings (SSSR count). The number of anilines is 1. The van der Waals surface area contributed by atoms with Gasteiger partial charge in [0, 0.05) is 37.7 Å². The summed E-state index contributed by atoms with van der Waals surface area (Å²) in [5.41, 5.74) is 1.40. The molecule has 1 aliphatic rings. The van der Waals surface area contributed by atoms with Crippen LogP contribution in [0.25, 0.3) is 10.8 Å². The minimum absolute atomic E-state index is 0.173. The van der Waals surface area contributed by atoms with Gasteiger partial charge in [-0.2, -0.15) is 5.26 Å². The van der Waals surface area contributed by atoms with Crippen molar-refractivity contribution in [3.8, 4) is 17.6 Å². The van der Waals surface area contributed by atoms with Gasteiger partial charge in [-0.3, -0.25) is 4.79 Å². The van der Waals surface area contributed by atoms with Gasteiger partial charge in [-0.25, -0.2) is 0 Å². The Labute approximate surface area is 230 Å². The number of hydrogen-bond acceptors (Lipinski definition) is 5. The van der Waals surface area contributed by atoms with Gasteiger partial charge in [0.25, 0.3) is 0 Å². The number of nitriles is 1. The van der Waals surface area contributed by atoms with Crippen LogP contribution in [0.1, 0.15) is 24.0 Å². The van der Waals surface area contributed by atoms with Crippen LogP contribution >= 0.6 is 0 Å². The van der Waals surface area contributed by atoms with Crippen molar-refractivity contribution in [1.82, 2.24) is 4.90 Å². The molecule has 0 unspecified atom stereocenters. The zero-order valence-electron chi connectivity index (χ0n) is 22.6. The Hall–Kier alpha value is -4.50. The molecular formula is C33H33N3O3. The first-order valence-corrected chi connectivity index (χ1v) is 13.2. The highest BCUT2D eigenvalue weighted by Crippen LogP contribution is 2.47. The summed E-state index contributed by atoms with van der Waals surface area (Å²) in [5, 5.41) is 12.8. The van der Waals surface area contributed by atoms with Gasteiger partial charge < -0.3 is 19.3 Å². The Morgan fingerprint density at radius 2 is 1.38 bits per heavy atom. The lowest BCUT2D eigenvalue weighted by Crippen LogP contribution is -2.53. The summed E-state index contributed by atoms with van der Waals surface area (Å²) in [5.74, 6) is 0.759. The molecule has 1 fully saturated rings. The third-order valence-electron chi connectivity index (χ3n) is 7.83. The number of rotatable bonds is 7. The predicted molar refractivity (Wildman–Crippen MR) is 154 cm³/mol. The number of para-hydroxylation sites is 3. The Bertz CT molecular complexity index is 1510. The van der Waals surface area contributed by atoms with Gasteiger partial charge in [0.2, 0.25) is 5.91 Å². The first-order valence-electron chi connectivity index (χ1n) is 13.2. The Kier molecular flexibility index (Phi) is 7.42. The number of hydrogen-bond donors (Lipinski definition) is 0. The number of methoxy groups -OCH3 is 2. The third-order valence-corrected chi connectivity index (χ3v) is 7.83. The van der Waals surface area contributed by atoms with Gasteiger partial charge in [-0.15, -0.1) is 0 Å². The number of piperazine rings is 1. The summed E-state index contributed by atoms with van der Waals surface area (Å²) in [7, 11) is 3.30. The second-order valence-corrected chi connectivity index (χ2v) is 10.0. The number of fused-ring (bicyclic) bond motifs is 1. The maximum Gasteiger partial charge on any atom is 0.243 e. The summed E-state index contributed by atoms with van der Waals surface area (Å²) in [6, 6.07) is 32.3. The predicted octanol–water partition coefficient (Wildman–Crippen LogP) is 5.87. The molecule has 6 nitrogen and oxygen atoms in total. The van der Waals surface area contributed by atoms with Crippen LogP contribution in [0.3, 0.4) is 0 Å². The number of amides is 1. The average molecular weight is 520 g/mol. The smallest absolute Gasteiger partial charge is 0.243 e. The number of nitrogens with zero attached hydrogens (tertiary/aromatic N) is 3. The fraction of sp³-hybridized carbons (Fsp3) is 0.273. The molecule has 0 aliphatic carbocycles. The summed E-state index contributed by atoms with van der Waals surface area (Å²) in [6.45, 7) is 4.12. The summed E-state index contributed by atoms with van der Waals surface area (Å²) < 4.78 is 11.3. The fourth-order valence-electron chi connectivity index (χ4n) is 5.80. The van der Waals surface area contributed by atoms with Crippen LogP contribution in [0.15, 0.2) is 91.0 Å². The van der Waals surface area contributed by atoms with Crippen LogP contribution in [-0.4, -0.2) is 51.2 Å². The molecule has 0 aromatic heterocycles. The van der Waals surface area contributed by atoms with Crippen molar-refractivity contribution in [2.75, 3.05) is 45.3 Å². The molecule has 6 heteroatoms. The van der Waals surface area contributed by atoms with E-state index in [1.807, 2.05) is 77.7 Å². The van der Waals surface area contributed by atoms with Crippen molar-refractivity contribution >= 4 is 22.4 Å². The van der Waals surface area contributed by atoms with Crippen molar-refractivity contribution in [3.63, 3.8) is 0 Å². The van der Waals surface area contributed by atoms with Crippen LogP contribution in [0.2, 0.25) is 0 Å². The van der Waals surface area contributed by atoms with E-state index in [4.69, 9.17) is 9.47 Å². The van der Waals surface area contributed by atoms with E-state index in [-0.39, 0.29) is 5.91 Å². The first kappa shape index (κ1) is 26.1. The maximum atomic E-state index is 14.4. The first-order chi connectivity index (χ1) is 19.0. The van der Waals surface area contributed by atoms with Crippen LogP contribution in [-0.2, 0) is 4.79 Å². The van der Waals surface area contributed by atoms with E-state index in [0.29, 0.717) is 31.9 Å². The summed E-state index contributed by atoms with van der Waals surface area (Å²) in [4.78, 5) is 18.4. The van der Waals surface area contributed by atoms with E-state index >= 15 is 0 Å². The molecular weight excluding hydrogens is 486 g/mol. The molecule has 0 saturated carbocycles. The molecule has 0 bridgehead atoms. The van der Waals surface area contributed by atoms with Gasteiger partial charge in [-0.1, -0.05) is 72.8 Å². The largest absolute Gasteiger partial charge is 0.496 e. The van der Waals surface area contributed by atoms with Crippen molar-refractivity contribution in [2.24, 2.45) is 5.41 Å².